The molecule has 2 aromatic carbocycles. The molecule has 0 radical (unpaired) electrons. The SMILES string of the molecule is COc1cc2c(c(OC)c1)[C@@H](c1cccc(OC(C)C)c1)CC(=O)N2. The molecule has 1 amide bonds. The van der Waals surface area contributed by atoms with Crippen molar-refractivity contribution >= 4 is 11.6 Å². The smallest absolute Gasteiger partial charge is 0.225 e. The molecule has 3 rings (SSSR count). The summed E-state index contributed by atoms with van der Waals surface area (Å²) in [6.07, 6.45) is 0.455. The van der Waals surface area contributed by atoms with Crippen LogP contribution < -0.4 is 19.5 Å². The summed E-state index contributed by atoms with van der Waals surface area (Å²) in [4.78, 5) is 12.2. The molecule has 0 aromatic heterocycles. The van der Waals surface area contributed by atoms with Gasteiger partial charge in [-0.2, -0.15) is 0 Å². The van der Waals surface area contributed by atoms with Crippen molar-refractivity contribution in [3.05, 3.63) is 47.5 Å². The lowest BCUT2D eigenvalue weighted by molar-refractivity contribution is -0.116. The van der Waals surface area contributed by atoms with Crippen molar-refractivity contribution in [2.24, 2.45) is 0 Å². The summed E-state index contributed by atoms with van der Waals surface area (Å²) in [6, 6.07) is 11.6. The Bertz CT molecular complexity index is 785. The molecule has 0 unspecified atom stereocenters. The molecule has 0 saturated heterocycles. The van der Waals surface area contributed by atoms with Crippen molar-refractivity contribution in [3.63, 3.8) is 0 Å². The number of anilines is 1. The minimum Gasteiger partial charge on any atom is -0.497 e. The lowest BCUT2D eigenvalue weighted by atomic mass is 9.84. The highest BCUT2D eigenvalue weighted by atomic mass is 16.5. The monoisotopic (exact) mass is 341 g/mol. The first kappa shape index (κ1) is 17.1. The van der Waals surface area contributed by atoms with Crippen LogP contribution in [0.1, 0.15) is 37.3 Å². The Morgan fingerprint density at radius 1 is 1.08 bits per heavy atom. The first-order chi connectivity index (χ1) is 12.0. The van der Waals surface area contributed by atoms with Crippen molar-refractivity contribution < 1.29 is 19.0 Å². The maximum atomic E-state index is 12.2. The molecule has 1 aliphatic rings. The molecule has 132 valence electrons. The molecular formula is C20H23NO4. The van der Waals surface area contributed by atoms with Gasteiger partial charge in [-0.1, -0.05) is 12.1 Å². The largest absolute Gasteiger partial charge is 0.497 e. The average molecular weight is 341 g/mol. The Hall–Kier alpha value is -2.69. The summed E-state index contributed by atoms with van der Waals surface area (Å²) in [5, 5.41) is 2.93. The Morgan fingerprint density at radius 2 is 1.88 bits per heavy atom. The van der Waals surface area contributed by atoms with E-state index in [9.17, 15) is 4.79 Å². The van der Waals surface area contributed by atoms with Crippen molar-refractivity contribution in [3.8, 4) is 17.2 Å². The normalized spacial score (nSPS) is 16.2. The highest BCUT2D eigenvalue weighted by Crippen LogP contribution is 2.45. The molecule has 5 heteroatoms. The number of ether oxygens (including phenoxy) is 3. The average Bonchev–Trinajstić information content (AvgIpc) is 2.59. The molecule has 0 aliphatic carbocycles. The van der Waals surface area contributed by atoms with Gasteiger partial charge in [-0.05, 0) is 31.5 Å². The summed E-state index contributed by atoms with van der Waals surface area (Å²) in [5.74, 6) is 2.03. The predicted molar refractivity (Wildman–Crippen MR) is 96.8 cm³/mol. The molecule has 5 nitrogen and oxygen atoms in total. The second-order valence-electron chi connectivity index (χ2n) is 6.33. The van der Waals surface area contributed by atoms with E-state index in [1.165, 1.54) is 0 Å². The highest BCUT2D eigenvalue weighted by Gasteiger charge is 2.30. The van der Waals surface area contributed by atoms with E-state index in [0.717, 1.165) is 22.6 Å². The first-order valence-corrected chi connectivity index (χ1v) is 8.34. The second-order valence-corrected chi connectivity index (χ2v) is 6.33. The van der Waals surface area contributed by atoms with Crippen LogP contribution in [0, 0.1) is 0 Å². The number of amides is 1. The third kappa shape index (κ3) is 3.55. The van der Waals surface area contributed by atoms with Crippen LogP contribution >= 0.6 is 0 Å². The fourth-order valence-corrected chi connectivity index (χ4v) is 3.20. The summed E-state index contributed by atoms with van der Waals surface area (Å²) < 4.78 is 16.7. The van der Waals surface area contributed by atoms with Crippen LogP contribution in [-0.4, -0.2) is 26.2 Å². The van der Waals surface area contributed by atoms with Gasteiger partial charge in [0.05, 0.1) is 26.0 Å². The zero-order valence-corrected chi connectivity index (χ0v) is 15.0. The van der Waals surface area contributed by atoms with Crippen LogP contribution in [0.4, 0.5) is 5.69 Å². The first-order valence-electron chi connectivity index (χ1n) is 8.34. The number of carbonyl (C=O) groups is 1. The van der Waals surface area contributed by atoms with Gasteiger partial charge in [0.25, 0.3) is 0 Å². The van der Waals surface area contributed by atoms with Gasteiger partial charge in [-0.25, -0.2) is 0 Å². The predicted octanol–water partition coefficient (Wildman–Crippen LogP) is 3.97. The van der Waals surface area contributed by atoms with Gasteiger partial charge in [0.2, 0.25) is 5.91 Å². The van der Waals surface area contributed by atoms with Crippen molar-refractivity contribution in [2.45, 2.75) is 32.3 Å². The van der Waals surface area contributed by atoms with Gasteiger partial charge in [0.15, 0.2) is 0 Å². The molecular weight excluding hydrogens is 318 g/mol. The van der Waals surface area contributed by atoms with Gasteiger partial charge in [-0.15, -0.1) is 0 Å². The molecule has 1 aliphatic heterocycles. The van der Waals surface area contributed by atoms with Crippen LogP contribution in [0.2, 0.25) is 0 Å². The van der Waals surface area contributed by atoms with Gasteiger partial charge in [0, 0.05) is 30.0 Å². The lowest BCUT2D eigenvalue weighted by Gasteiger charge is -2.28. The van der Waals surface area contributed by atoms with Gasteiger partial charge in [-0.3, -0.25) is 4.79 Å². The Morgan fingerprint density at radius 3 is 2.56 bits per heavy atom. The van der Waals surface area contributed by atoms with E-state index in [2.05, 4.69) is 5.32 Å². The topological polar surface area (TPSA) is 56.8 Å². The fraction of sp³-hybridized carbons (Fsp3) is 0.350. The van der Waals surface area contributed by atoms with E-state index in [-0.39, 0.29) is 17.9 Å². The van der Waals surface area contributed by atoms with E-state index in [1.807, 2.05) is 50.2 Å². The molecule has 0 fully saturated rings. The van der Waals surface area contributed by atoms with E-state index in [4.69, 9.17) is 14.2 Å². The number of rotatable bonds is 5. The molecule has 2 aromatic rings. The third-order valence-corrected chi connectivity index (χ3v) is 4.22. The van der Waals surface area contributed by atoms with Crippen LogP contribution in [0.5, 0.6) is 17.2 Å². The number of hydrogen-bond donors (Lipinski definition) is 1. The number of benzene rings is 2. The maximum Gasteiger partial charge on any atom is 0.225 e. The van der Waals surface area contributed by atoms with Gasteiger partial charge in [0.1, 0.15) is 17.2 Å². The Kier molecular flexibility index (Phi) is 4.83. The molecule has 1 atom stereocenters. The van der Waals surface area contributed by atoms with Crippen LogP contribution in [0.15, 0.2) is 36.4 Å². The third-order valence-electron chi connectivity index (χ3n) is 4.22. The second kappa shape index (κ2) is 7.05. The van der Waals surface area contributed by atoms with Gasteiger partial charge < -0.3 is 19.5 Å². The maximum absolute atomic E-state index is 12.2. The molecule has 1 N–H and O–H groups in total. The summed E-state index contributed by atoms with van der Waals surface area (Å²) in [7, 11) is 3.22. The van der Waals surface area contributed by atoms with E-state index in [0.29, 0.717) is 17.9 Å². The van der Waals surface area contributed by atoms with Crippen LogP contribution in [0.25, 0.3) is 0 Å². The zero-order valence-electron chi connectivity index (χ0n) is 15.0. The van der Waals surface area contributed by atoms with E-state index < -0.39 is 0 Å². The minimum absolute atomic E-state index is 0.0250. The minimum atomic E-state index is -0.0969. The Balaban J connectivity index is 2.09. The number of methoxy groups -OCH3 is 2. The van der Waals surface area contributed by atoms with Crippen LogP contribution in [0.3, 0.4) is 0 Å². The van der Waals surface area contributed by atoms with E-state index in [1.54, 1.807) is 14.2 Å². The number of nitrogens with one attached hydrogen (secondary N) is 1. The molecule has 1 heterocycles. The van der Waals surface area contributed by atoms with Crippen molar-refractivity contribution in [1.82, 2.24) is 0 Å². The summed E-state index contributed by atoms with van der Waals surface area (Å²) >= 11 is 0. The molecule has 0 saturated carbocycles. The number of carbonyl (C=O) groups excluding carboxylic acids is 1. The van der Waals surface area contributed by atoms with Gasteiger partial charge >= 0.3 is 0 Å². The zero-order chi connectivity index (χ0) is 18.0. The highest BCUT2D eigenvalue weighted by molar-refractivity contribution is 5.96. The van der Waals surface area contributed by atoms with E-state index >= 15 is 0 Å². The van der Waals surface area contributed by atoms with Crippen molar-refractivity contribution in [1.29, 1.82) is 0 Å². The standard InChI is InChI=1S/C20H23NO4/c1-12(2)25-14-7-5-6-13(8-14)16-11-19(22)21-17-9-15(23-3)10-18(24-4)20(16)17/h5-10,12,16H,11H2,1-4H3,(H,21,22)/t16-/m1/s1. The molecule has 0 bridgehead atoms. The lowest BCUT2D eigenvalue weighted by Crippen LogP contribution is -2.24. The molecule has 25 heavy (non-hydrogen) atoms. The number of fused-ring (bicyclic) bond motifs is 1. The fourth-order valence-electron chi connectivity index (χ4n) is 3.20. The quantitative estimate of drug-likeness (QED) is 0.894. The Labute approximate surface area is 147 Å². The molecule has 0 spiro atoms. The summed E-state index contributed by atoms with van der Waals surface area (Å²) in [6.45, 7) is 3.98. The van der Waals surface area contributed by atoms with Crippen molar-refractivity contribution in [2.75, 3.05) is 19.5 Å². The number of hydrogen-bond acceptors (Lipinski definition) is 4. The van der Waals surface area contributed by atoms with Crippen LogP contribution in [-0.2, 0) is 4.79 Å². The summed E-state index contributed by atoms with van der Waals surface area (Å²) in [5.41, 5.74) is 2.72.